The Kier molecular flexibility index (Phi) is 5.07. The van der Waals surface area contributed by atoms with Crippen LogP contribution in [0.1, 0.15) is 24.3 Å². The van der Waals surface area contributed by atoms with Crippen molar-refractivity contribution in [1.82, 2.24) is 14.8 Å². The summed E-state index contributed by atoms with van der Waals surface area (Å²) in [5.41, 5.74) is 8.61. The fourth-order valence-corrected chi connectivity index (χ4v) is 2.65. The number of nitrogens with two attached hydrogens (primary N) is 1. The zero-order valence-electron chi connectivity index (χ0n) is 15.2. The summed E-state index contributed by atoms with van der Waals surface area (Å²) in [5.74, 6) is -0.0158. The van der Waals surface area contributed by atoms with Gasteiger partial charge in [-0.3, -0.25) is 15.0 Å². The Morgan fingerprint density at radius 1 is 1.30 bits per heavy atom. The second-order valence-corrected chi connectivity index (χ2v) is 6.10. The Balaban J connectivity index is 1.79. The van der Waals surface area contributed by atoms with Gasteiger partial charge in [-0.25, -0.2) is 9.18 Å². The minimum absolute atomic E-state index is 0.300. The average molecular weight is 369 g/mol. The lowest BCUT2D eigenvalue weighted by Gasteiger charge is -2.15. The Labute approximate surface area is 156 Å². The van der Waals surface area contributed by atoms with E-state index in [0.717, 1.165) is 0 Å². The summed E-state index contributed by atoms with van der Waals surface area (Å²) >= 11 is 0. The van der Waals surface area contributed by atoms with Crippen molar-refractivity contribution in [2.45, 2.75) is 20.0 Å². The maximum absolute atomic E-state index is 13.8. The zero-order chi connectivity index (χ0) is 19.6. The van der Waals surface area contributed by atoms with Crippen LogP contribution in [0.2, 0.25) is 0 Å². The first kappa shape index (κ1) is 18.4. The van der Waals surface area contributed by atoms with Crippen LogP contribution in [0, 0.1) is 12.7 Å². The molecule has 140 valence electrons. The van der Waals surface area contributed by atoms with Gasteiger partial charge in [-0.15, -0.1) is 0 Å². The molecule has 0 aliphatic heterocycles. The van der Waals surface area contributed by atoms with Crippen LogP contribution in [0.25, 0.3) is 11.3 Å². The normalized spacial score (nSPS) is 11.9. The molecule has 27 heavy (non-hydrogen) atoms. The number of carbonyl (C=O) groups is 1. The summed E-state index contributed by atoms with van der Waals surface area (Å²) in [7, 11) is 1.68. The molecule has 0 saturated carbocycles. The topological polar surface area (TPSA) is 95.1 Å². The van der Waals surface area contributed by atoms with Crippen molar-refractivity contribution in [3.05, 3.63) is 59.7 Å². The summed E-state index contributed by atoms with van der Waals surface area (Å²) in [6, 6.07) is 9.65. The van der Waals surface area contributed by atoms with E-state index in [1.165, 1.54) is 10.7 Å². The largest absolute Gasteiger partial charge is 0.441 e. The minimum atomic E-state index is -0.750. The van der Waals surface area contributed by atoms with E-state index in [2.05, 4.69) is 15.4 Å². The third-order valence-electron chi connectivity index (χ3n) is 4.19. The van der Waals surface area contributed by atoms with Crippen LogP contribution in [0.5, 0.6) is 0 Å². The Bertz CT molecular complexity index is 986. The van der Waals surface area contributed by atoms with Gasteiger partial charge in [-0.2, -0.15) is 5.10 Å². The molecule has 1 amide bonds. The molecule has 8 heteroatoms. The van der Waals surface area contributed by atoms with E-state index in [4.69, 9.17) is 10.5 Å². The van der Waals surface area contributed by atoms with Gasteiger partial charge in [0.2, 0.25) is 0 Å². The number of hydrogen-bond acceptors (Lipinski definition) is 5. The Hall–Kier alpha value is -3.42. The van der Waals surface area contributed by atoms with Gasteiger partial charge in [-0.05, 0) is 32.0 Å². The van der Waals surface area contributed by atoms with Crippen molar-refractivity contribution in [1.29, 1.82) is 0 Å². The van der Waals surface area contributed by atoms with Gasteiger partial charge in [0, 0.05) is 12.6 Å². The molecule has 3 N–H and O–H groups in total. The smallest absolute Gasteiger partial charge is 0.413 e. The van der Waals surface area contributed by atoms with Crippen molar-refractivity contribution < 1.29 is 13.9 Å². The molecule has 0 radical (unpaired) electrons. The van der Waals surface area contributed by atoms with Crippen LogP contribution >= 0.6 is 0 Å². The SMILES string of the molecule is Cc1nc(-c2cnn(C)c2NC(=O)O[C@H](C)c2ccccc2F)ccc1N. The van der Waals surface area contributed by atoms with Crippen LogP contribution in [0.15, 0.2) is 42.6 Å². The highest BCUT2D eigenvalue weighted by atomic mass is 19.1. The van der Waals surface area contributed by atoms with Gasteiger partial charge in [0.05, 0.1) is 28.8 Å². The molecule has 0 aliphatic carbocycles. The highest BCUT2D eigenvalue weighted by Gasteiger charge is 2.19. The van der Waals surface area contributed by atoms with Gasteiger partial charge in [-0.1, -0.05) is 18.2 Å². The molecule has 0 fully saturated rings. The fraction of sp³-hybridized carbons (Fsp3) is 0.211. The summed E-state index contributed by atoms with van der Waals surface area (Å²) in [6.07, 6.45) is 0.121. The lowest BCUT2D eigenvalue weighted by Crippen LogP contribution is -2.19. The Morgan fingerprint density at radius 3 is 2.74 bits per heavy atom. The van der Waals surface area contributed by atoms with Gasteiger partial charge >= 0.3 is 6.09 Å². The number of halogens is 1. The molecule has 0 spiro atoms. The quantitative estimate of drug-likeness (QED) is 0.729. The number of rotatable bonds is 4. The highest BCUT2D eigenvalue weighted by Crippen LogP contribution is 2.28. The second kappa shape index (κ2) is 7.45. The number of amides is 1. The van der Waals surface area contributed by atoms with Crippen molar-refractivity contribution in [3.63, 3.8) is 0 Å². The van der Waals surface area contributed by atoms with E-state index in [1.807, 2.05) is 0 Å². The number of carbonyl (C=O) groups excluding carboxylic acids is 1. The summed E-state index contributed by atoms with van der Waals surface area (Å²) in [6.45, 7) is 3.40. The van der Waals surface area contributed by atoms with Gasteiger partial charge in [0.25, 0.3) is 0 Å². The van der Waals surface area contributed by atoms with Crippen LogP contribution < -0.4 is 11.1 Å². The van der Waals surface area contributed by atoms with Crippen molar-refractivity contribution in [3.8, 4) is 11.3 Å². The summed E-state index contributed by atoms with van der Waals surface area (Å²) in [5, 5.41) is 6.82. The third-order valence-corrected chi connectivity index (χ3v) is 4.19. The predicted octanol–water partition coefficient (Wildman–Crippen LogP) is 3.82. The van der Waals surface area contributed by atoms with Crippen LogP contribution in [-0.4, -0.2) is 20.9 Å². The number of anilines is 2. The molecule has 2 heterocycles. The van der Waals surface area contributed by atoms with Crippen LogP contribution in [0.3, 0.4) is 0 Å². The van der Waals surface area contributed by atoms with Crippen LogP contribution in [-0.2, 0) is 11.8 Å². The van der Waals surface area contributed by atoms with E-state index >= 15 is 0 Å². The second-order valence-electron chi connectivity index (χ2n) is 6.10. The van der Waals surface area contributed by atoms with Gasteiger partial charge < -0.3 is 10.5 Å². The number of benzene rings is 1. The predicted molar refractivity (Wildman–Crippen MR) is 101 cm³/mol. The maximum Gasteiger partial charge on any atom is 0.413 e. The van der Waals surface area contributed by atoms with E-state index in [9.17, 15) is 9.18 Å². The van der Waals surface area contributed by atoms with E-state index in [-0.39, 0.29) is 0 Å². The monoisotopic (exact) mass is 369 g/mol. The fourth-order valence-electron chi connectivity index (χ4n) is 2.65. The number of ether oxygens (including phenoxy) is 1. The molecule has 0 unspecified atom stereocenters. The van der Waals surface area contributed by atoms with Crippen LogP contribution in [0.4, 0.5) is 20.7 Å². The van der Waals surface area contributed by atoms with Crippen molar-refractivity contribution >= 4 is 17.6 Å². The number of aryl methyl sites for hydroxylation is 2. The lowest BCUT2D eigenvalue weighted by atomic mass is 10.1. The zero-order valence-corrected chi connectivity index (χ0v) is 15.2. The first-order valence-corrected chi connectivity index (χ1v) is 8.34. The average Bonchev–Trinajstić information content (AvgIpc) is 2.98. The number of pyridine rings is 1. The van der Waals surface area contributed by atoms with Crippen molar-refractivity contribution in [2.75, 3.05) is 11.1 Å². The summed E-state index contributed by atoms with van der Waals surface area (Å²) in [4.78, 5) is 16.7. The highest BCUT2D eigenvalue weighted by molar-refractivity contribution is 5.89. The molecule has 3 rings (SSSR count). The molecule has 1 atom stereocenters. The molecule has 0 saturated heterocycles. The molecular formula is C19H20FN5O2. The number of nitrogens with zero attached hydrogens (tertiary/aromatic N) is 3. The molecule has 0 aliphatic rings. The molecular weight excluding hydrogens is 349 g/mol. The standard InChI is InChI=1S/C19H20FN5O2/c1-11-16(21)8-9-17(23-11)14-10-22-25(3)18(14)24-19(26)27-12(2)13-6-4-5-7-15(13)20/h4-10,12H,21H2,1-3H3,(H,24,26)/t12-/m1/s1. The number of hydrogen-bond donors (Lipinski definition) is 2. The molecule has 3 aromatic rings. The summed E-state index contributed by atoms with van der Waals surface area (Å²) < 4.78 is 20.6. The Morgan fingerprint density at radius 2 is 2.04 bits per heavy atom. The molecule has 2 aromatic heterocycles. The molecule has 0 bridgehead atoms. The number of nitrogens with one attached hydrogen (secondary N) is 1. The first-order valence-electron chi connectivity index (χ1n) is 8.34. The minimum Gasteiger partial charge on any atom is -0.441 e. The van der Waals surface area contributed by atoms with E-state index < -0.39 is 18.0 Å². The maximum atomic E-state index is 13.8. The lowest BCUT2D eigenvalue weighted by molar-refractivity contribution is 0.119. The van der Waals surface area contributed by atoms with E-state index in [1.54, 1.807) is 57.4 Å². The van der Waals surface area contributed by atoms with Crippen molar-refractivity contribution in [2.24, 2.45) is 7.05 Å². The van der Waals surface area contributed by atoms with Gasteiger partial charge in [0.1, 0.15) is 17.7 Å². The molecule has 1 aromatic carbocycles. The number of nitrogen functional groups attached to an aromatic ring is 1. The molecule has 7 nitrogen and oxygen atoms in total. The van der Waals surface area contributed by atoms with E-state index in [0.29, 0.717) is 34.0 Å². The number of aromatic nitrogens is 3. The third kappa shape index (κ3) is 3.89. The van der Waals surface area contributed by atoms with Gasteiger partial charge in [0.15, 0.2) is 0 Å². The first-order chi connectivity index (χ1) is 12.9.